The molecule has 0 atom stereocenters. The highest BCUT2D eigenvalue weighted by Crippen LogP contribution is 2.34. The van der Waals surface area contributed by atoms with Crippen molar-refractivity contribution in [1.82, 2.24) is 9.80 Å². The Balaban J connectivity index is 1.53. The lowest BCUT2D eigenvalue weighted by Gasteiger charge is -2.34. The van der Waals surface area contributed by atoms with Crippen molar-refractivity contribution in [2.45, 2.75) is 12.8 Å². The molecule has 1 aliphatic rings. The molecule has 0 saturated carbocycles. The Morgan fingerprint density at radius 2 is 1.69 bits per heavy atom. The topological polar surface area (TPSA) is 61.9 Å². The lowest BCUT2D eigenvalue weighted by molar-refractivity contribution is -0.137. The number of amides is 2. The summed E-state index contributed by atoms with van der Waals surface area (Å²) in [6.45, 7) is -1.94. The number of para-hydroxylation sites is 1. The predicted molar refractivity (Wildman–Crippen MR) is 105 cm³/mol. The van der Waals surface area contributed by atoms with Crippen molar-refractivity contribution in [3.05, 3.63) is 59.7 Å². The molecule has 11 heteroatoms. The van der Waals surface area contributed by atoms with E-state index in [0.29, 0.717) is 13.1 Å². The standard InChI is InChI=1S/C21H20F5N3O3/c22-20(23)32-15-5-3-4-14(12-15)19(31)29-10-8-28(9-11-29)13-18(30)27-17-7-2-1-6-16(17)21(24,25)26/h1-7,12,20H,8-11,13H2,(H,27,30). The van der Waals surface area contributed by atoms with Crippen LogP contribution in [0.5, 0.6) is 5.75 Å². The molecule has 0 aliphatic carbocycles. The van der Waals surface area contributed by atoms with Gasteiger partial charge in [-0.05, 0) is 30.3 Å². The van der Waals surface area contributed by atoms with Crippen molar-refractivity contribution in [2.75, 3.05) is 38.0 Å². The average molecular weight is 457 g/mol. The van der Waals surface area contributed by atoms with Crippen LogP contribution in [0.1, 0.15) is 15.9 Å². The summed E-state index contributed by atoms with van der Waals surface area (Å²) in [4.78, 5) is 28.1. The van der Waals surface area contributed by atoms with E-state index in [2.05, 4.69) is 10.1 Å². The monoisotopic (exact) mass is 457 g/mol. The van der Waals surface area contributed by atoms with Crippen LogP contribution in [-0.2, 0) is 11.0 Å². The molecule has 1 N–H and O–H groups in total. The normalized spacial score (nSPS) is 15.0. The summed E-state index contributed by atoms with van der Waals surface area (Å²) in [6, 6.07) is 10.2. The summed E-state index contributed by atoms with van der Waals surface area (Å²) in [6.07, 6.45) is -4.59. The second-order valence-corrected chi connectivity index (χ2v) is 7.07. The molecule has 0 bridgehead atoms. The summed E-state index contributed by atoms with van der Waals surface area (Å²) < 4.78 is 68.2. The third kappa shape index (κ3) is 6.16. The molecule has 1 saturated heterocycles. The fourth-order valence-corrected chi connectivity index (χ4v) is 3.33. The molecule has 2 aromatic carbocycles. The van der Waals surface area contributed by atoms with Gasteiger partial charge in [0.2, 0.25) is 5.91 Å². The van der Waals surface area contributed by atoms with Crippen molar-refractivity contribution in [3.63, 3.8) is 0 Å². The summed E-state index contributed by atoms with van der Waals surface area (Å²) in [5.74, 6) is -1.09. The molecule has 3 rings (SSSR count). The first-order valence-corrected chi connectivity index (χ1v) is 9.66. The number of ether oxygens (including phenoxy) is 1. The van der Waals surface area contributed by atoms with E-state index < -0.39 is 24.3 Å². The van der Waals surface area contributed by atoms with Gasteiger partial charge in [0, 0.05) is 31.7 Å². The first-order valence-electron chi connectivity index (χ1n) is 9.66. The fraction of sp³-hybridized carbons (Fsp3) is 0.333. The molecule has 172 valence electrons. The number of anilines is 1. The number of hydrogen-bond donors (Lipinski definition) is 1. The van der Waals surface area contributed by atoms with E-state index in [1.807, 2.05) is 0 Å². The largest absolute Gasteiger partial charge is 0.435 e. The van der Waals surface area contributed by atoms with Crippen LogP contribution < -0.4 is 10.1 Å². The second-order valence-electron chi connectivity index (χ2n) is 7.07. The zero-order valence-corrected chi connectivity index (χ0v) is 16.7. The predicted octanol–water partition coefficient (Wildman–Crippen LogP) is 3.70. The minimum Gasteiger partial charge on any atom is -0.435 e. The van der Waals surface area contributed by atoms with Gasteiger partial charge in [-0.2, -0.15) is 22.0 Å². The molecular weight excluding hydrogens is 437 g/mol. The maximum Gasteiger partial charge on any atom is 0.418 e. The van der Waals surface area contributed by atoms with Crippen molar-refractivity contribution < 1.29 is 36.3 Å². The Hall–Kier alpha value is -3.21. The van der Waals surface area contributed by atoms with Gasteiger partial charge >= 0.3 is 12.8 Å². The Morgan fingerprint density at radius 1 is 1.00 bits per heavy atom. The molecule has 0 spiro atoms. The van der Waals surface area contributed by atoms with Gasteiger partial charge in [0.25, 0.3) is 5.91 Å². The van der Waals surface area contributed by atoms with Gasteiger partial charge in [-0.1, -0.05) is 18.2 Å². The Labute approximate surface area is 180 Å². The highest BCUT2D eigenvalue weighted by molar-refractivity contribution is 5.95. The molecule has 1 aliphatic heterocycles. The number of nitrogens with one attached hydrogen (secondary N) is 1. The summed E-state index contributed by atoms with van der Waals surface area (Å²) in [5, 5.41) is 2.29. The number of carbonyl (C=O) groups excluding carboxylic acids is 2. The summed E-state index contributed by atoms with van der Waals surface area (Å²) in [5.41, 5.74) is -1.05. The van der Waals surface area contributed by atoms with Gasteiger partial charge in [-0.25, -0.2) is 0 Å². The van der Waals surface area contributed by atoms with Crippen molar-refractivity contribution in [1.29, 1.82) is 0 Å². The van der Waals surface area contributed by atoms with Crippen molar-refractivity contribution >= 4 is 17.5 Å². The molecule has 0 aromatic heterocycles. The lowest BCUT2D eigenvalue weighted by Crippen LogP contribution is -2.50. The minimum atomic E-state index is -4.59. The van der Waals surface area contributed by atoms with Gasteiger partial charge in [-0.15, -0.1) is 0 Å². The number of hydrogen-bond acceptors (Lipinski definition) is 4. The van der Waals surface area contributed by atoms with E-state index >= 15 is 0 Å². The molecule has 2 amide bonds. The van der Waals surface area contributed by atoms with Crippen LogP contribution in [0.15, 0.2) is 48.5 Å². The van der Waals surface area contributed by atoms with Gasteiger partial charge in [0.1, 0.15) is 5.75 Å². The summed E-state index contributed by atoms with van der Waals surface area (Å²) in [7, 11) is 0. The zero-order chi connectivity index (χ0) is 23.3. The number of carbonyl (C=O) groups is 2. The average Bonchev–Trinajstić information content (AvgIpc) is 2.73. The van der Waals surface area contributed by atoms with Crippen LogP contribution in [-0.4, -0.2) is 60.9 Å². The smallest absolute Gasteiger partial charge is 0.418 e. The van der Waals surface area contributed by atoms with E-state index in [9.17, 15) is 31.5 Å². The Bertz CT molecular complexity index is 960. The number of benzene rings is 2. The highest BCUT2D eigenvalue weighted by atomic mass is 19.4. The number of nitrogens with zero attached hydrogens (tertiary/aromatic N) is 2. The molecule has 0 unspecified atom stereocenters. The second kappa shape index (κ2) is 9.94. The quantitative estimate of drug-likeness (QED) is 0.672. The number of piperazine rings is 1. The van der Waals surface area contributed by atoms with Gasteiger partial charge in [0.05, 0.1) is 17.8 Å². The van der Waals surface area contributed by atoms with E-state index in [1.54, 1.807) is 4.90 Å². The molecule has 6 nitrogen and oxygen atoms in total. The first kappa shape index (κ1) is 23.5. The molecular formula is C21H20F5N3O3. The van der Waals surface area contributed by atoms with E-state index in [0.717, 1.165) is 6.07 Å². The minimum absolute atomic E-state index is 0.125. The number of halogens is 5. The van der Waals surface area contributed by atoms with Gasteiger partial charge in [-0.3, -0.25) is 14.5 Å². The Kier molecular flexibility index (Phi) is 7.29. The van der Waals surface area contributed by atoms with Crippen LogP contribution >= 0.6 is 0 Å². The van der Waals surface area contributed by atoms with E-state index in [1.165, 1.54) is 47.4 Å². The van der Waals surface area contributed by atoms with Crippen LogP contribution in [0.25, 0.3) is 0 Å². The maximum atomic E-state index is 13.1. The SMILES string of the molecule is O=C(CN1CCN(C(=O)c2cccc(OC(F)F)c2)CC1)Nc1ccccc1C(F)(F)F. The van der Waals surface area contributed by atoms with Crippen molar-refractivity contribution in [3.8, 4) is 5.75 Å². The molecule has 2 aromatic rings. The first-order chi connectivity index (χ1) is 15.1. The lowest BCUT2D eigenvalue weighted by atomic mass is 10.1. The maximum absolute atomic E-state index is 13.1. The number of alkyl halides is 5. The van der Waals surface area contributed by atoms with E-state index in [4.69, 9.17) is 0 Å². The molecule has 0 radical (unpaired) electrons. The number of rotatable bonds is 6. The third-order valence-electron chi connectivity index (χ3n) is 4.84. The van der Waals surface area contributed by atoms with Crippen LogP contribution in [0.4, 0.5) is 27.6 Å². The van der Waals surface area contributed by atoms with Crippen LogP contribution in [0.2, 0.25) is 0 Å². The molecule has 1 heterocycles. The van der Waals surface area contributed by atoms with Crippen LogP contribution in [0.3, 0.4) is 0 Å². The summed E-state index contributed by atoms with van der Waals surface area (Å²) >= 11 is 0. The molecule has 32 heavy (non-hydrogen) atoms. The molecule has 1 fully saturated rings. The highest BCUT2D eigenvalue weighted by Gasteiger charge is 2.33. The van der Waals surface area contributed by atoms with Crippen LogP contribution in [0, 0.1) is 0 Å². The fourth-order valence-electron chi connectivity index (χ4n) is 3.33. The third-order valence-corrected chi connectivity index (χ3v) is 4.84. The van der Waals surface area contributed by atoms with E-state index in [-0.39, 0.29) is 42.5 Å². The van der Waals surface area contributed by atoms with Gasteiger partial charge in [0.15, 0.2) is 0 Å². The zero-order valence-electron chi connectivity index (χ0n) is 16.7. The van der Waals surface area contributed by atoms with Gasteiger partial charge < -0.3 is 15.0 Å². The Morgan fingerprint density at radius 3 is 2.34 bits per heavy atom. The van der Waals surface area contributed by atoms with Crippen molar-refractivity contribution in [2.24, 2.45) is 0 Å².